The lowest BCUT2D eigenvalue weighted by molar-refractivity contribution is -0.137. The topological polar surface area (TPSA) is 116 Å². The van der Waals surface area contributed by atoms with Gasteiger partial charge in [0.1, 0.15) is 17.7 Å². The van der Waals surface area contributed by atoms with Crippen LogP contribution in [0.15, 0.2) is 49.4 Å². The second-order valence-electron chi connectivity index (χ2n) is 9.70. The number of hydrogen-bond donors (Lipinski definition) is 1. The van der Waals surface area contributed by atoms with Gasteiger partial charge in [-0.3, -0.25) is 9.78 Å². The van der Waals surface area contributed by atoms with Crippen molar-refractivity contribution in [3.05, 3.63) is 83.6 Å². The molecule has 0 fully saturated rings. The number of pyridine rings is 1. The van der Waals surface area contributed by atoms with E-state index in [1.807, 2.05) is 0 Å². The smallest absolute Gasteiger partial charge is 0.324 e. The van der Waals surface area contributed by atoms with Crippen LogP contribution >= 0.6 is 0 Å². The van der Waals surface area contributed by atoms with Crippen LogP contribution in [0.1, 0.15) is 48.2 Å². The minimum Gasteiger partial charge on any atom is -0.324 e. The summed E-state index contributed by atoms with van der Waals surface area (Å²) in [4.78, 5) is 28.4. The molecule has 0 spiro atoms. The maximum Gasteiger partial charge on any atom is 0.418 e. The molecule has 5 aromatic heterocycles. The largest absolute Gasteiger partial charge is 0.418 e. The van der Waals surface area contributed by atoms with Gasteiger partial charge in [-0.05, 0) is 19.4 Å². The number of fused-ring (bicyclic) bond motifs is 3. The van der Waals surface area contributed by atoms with Gasteiger partial charge < -0.3 is 5.32 Å². The number of carbonyl (C=O) groups is 1. The van der Waals surface area contributed by atoms with Crippen molar-refractivity contribution in [3.8, 4) is 11.4 Å². The maximum atomic E-state index is 14.2. The minimum absolute atomic E-state index is 0.0742. The Kier molecular flexibility index (Phi) is 6.20. The van der Waals surface area contributed by atoms with E-state index in [1.54, 1.807) is 6.92 Å². The van der Waals surface area contributed by atoms with E-state index in [9.17, 15) is 35.5 Å². The fraction of sp³-hybridized carbons (Fsp3) is 0.240. The van der Waals surface area contributed by atoms with Crippen molar-refractivity contribution in [3.63, 3.8) is 0 Å². The average molecular weight is 591 g/mol. The Morgan fingerprint density at radius 3 is 2.55 bits per heavy atom. The number of hydrogen-bond acceptors (Lipinski definition) is 7. The van der Waals surface area contributed by atoms with Crippen LogP contribution in [0, 0.1) is 11.8 Å². The van der Waals surface area contributed by atoms with Crippen molar-refractivity contribution in [1.29, 1.82) is 0 Å². The molecule has 1 aliphatic carbocycles. The van der Waals surface area contributed by atoms with Crippen LogP contribution in [0.2, 0.25) is 0 Å². The molecule has 10 nitrogen and oxygen atoms in total. The molecule has 6 rings (SSSR count). The molecule has 0 bridgehead atoms. The van der Waals surface area contributed by atoms with Crippen LogP contribution in [0.3, 0.4) is 0 Å². The Labute approximate surface area is 230 Å². The van der Waals surface area contributed by atoms with Crippen molar-refractivity contribution in [2.24, 2.45) is 0 Å². The van der Waals surface area contributed by atoms with Gasteiger partial charge in [-0.1, -0.05) is 0 Å². The molecule has 2 atom stereocenters. The number of amides is 1. The van der Waals surface area contributed by atoms with Gasteiger partial charge in [0, 0.05) is 35.0 Å². The highest BCUT2D eigenvalue weighted by atomic mass is 19.4. The van der Waals surface area contributed by atoms with Gasteiger partial charge in [0.15, 0.2) is 11.5 Å². The Bertz CT molecular complexity index is 1850. The minimum atomic E-state index is -5.00. The van der Waals surface area contributed by atoms with Crippen molar-refractivity contribution in [2.45, 2.75) is 37.4 Å². The highest BCUT2D eigenvalue weighted by Crippen LogP contribution is 2.50. The van der Waals surface area contributed by atoms with Crippen LogP contribution in [-0.4, -0.2) is 45.2 Å². The lowest BCUT2D eigenvalue weighted by Gasteiger charge is -2.24. The molecule has 0 radical (unpaired) electrons. The zero-order chi connectivity index (χ0) is 30.0. The lowest BCUT2D eigenvalue weighted by atomic mass is 9.80. The first-order valence-electron chi connectivity index (χ1n) is 12.1. The molecule has 1 N–H and O–H groups in total. The number of halogens is 7. The summed E-state index contributed by atoms with van der Waals surface area (Å²) in [6.07, 6.45) is 0.980. The Morgan fingerprint density at radius 1 is 1.07 bits per heavy atom. The third-order valence-electron chi connectivity index (χ3n) is 7.10. The SMILES string of the molecule is C[C@@]1(c2cnn(C(F)F)c2)C[C@@H](C(=O)Nc2cnc(-c3ncncc3F)c(C(F)(F)F)c2)c2cnc3cc(F)nn3c21. The number of alkyl halides is 5. The molecule has 5 aromatic rings. The molecule has 0 saturated carbocycles. The normalized spacial score (nSPS) is 18.5. The first-order chi connectivity index (χ1) is 19.9. The monoisotopic (exact) mass is 591 g/mol. The van der Waals surface area contributed by atoms with Gasteiger partial charge >= 0.3 is 12.7 Å². The molecular formula is C25H16F7N9O. The summed E-state index contributed by atoms with van der Waals surface area (Å²) >= 11 is 0. The van der Waals surface area contributed by atoms with Gasteiger partial charge in [-0.15, -0.1) is 5.10 Å². The van der Waals surface area contributed by atoms with Gasteiger partial charge in [-0.2, -0.15) is 31.4 Å². The van der Waals surface area contributed by atoms with Crippen LogP contribution in [0.4, 0.5) is 36.4 Å². The molecular weight excluding hydrogens is 575 g/mol. The van der Waals surface area contributed by atoms with Gasteiger partial charge in [0.2, 0.25) is 11.9 Å². The molecule has 0 aromatic carbocycles. The summed E-state index contributed by atoms with van der Waals surface area (Å²) < 4.78 is 98.4. The third kappa shape index (κ3) is 4.40. The summed E-state index contributed by atoms with van der Waals surface area (Å²) in [5.41, 5.74) is -3.54. The second kappa shape index (κ2) is 9.56. The van der Waals surface area contributed by atoms with E-state index in [4.69, 9.17) is 0 Å². The second-order valence-corrected chi connectivity index (χ2v) is 9.70. The van der Waals surface area contributed by atoms with Crippen molar-refractivity contribution in [2.75, 3.05) is 5.32 Å². The Hall–Kier alpha value is -4.96. The maximum absolute atomic E-state index is 14.2. The lowest BCUT2D eigenvalue weighted by Crippen LogP contribution is -2.25. The molecule has 0 unspecified atom stereocenters. The van der Waals surface area contributed by atoms with Crippen LogP contribution in [0.5, 0.6) is 0 Å². The van der Waals surface area contributed by atoms with E-state index in [-0.39, 0.29) is 34.6 Å². The van der Waals surface area contributed by atoms with E-state index >= 15 is 0 Å². The number of rotatable bonds is 5. The summed E-state index contributed by atoms with van der Waals surface area (Å²) in [6, 6.07) is 1.64. The van der Waals surface area contributed by atoms with Gasteiger partial charge in [-0.25, -0.2) is 28.5 Å². The average Bonchev–Trinajstić information content (AvgIpc) is 3.64. The summed E-state index contributed by atoms with van der Waals surface area (Å²) in [6.45, 7) is -1.32. The number of nitrogens with one attached hydrogen (secondary N) is 1. The van der Waals surface area contributed by atoms with E-state index < -0.39 is 58.7 Å². The summed E-state index contributed by atoms with van der Waals surface area (Å²) in [5, 5.41) is 9.88. The number of nitrogens with zero attached hydrogens (tertiary/aromatic N) is 8. The number of anilines is 1. The first-order valence-corrected chi connectivity index (χ1v) is 12.1. The molecule has 1 aliphatic rings. The van der Waals surface area contributed by atoms with E-state index in [2.05, 4.69) is 35.5 Å². The number of carbonyl (C=O) groups excluding carboxylic acids is 1. The fourth-order valence-electron chi connectivity index (χ4n) is 5.21. The van der Waals surface area contributed by atoms with Crippen molar-refractivity contribution in [1.82, 2.24) is 39.3 Å². The molecule has 0 aliphatic heterocycles. The van der Waals surface area contributed by atoms with Crippen LogP contribution in [-0.2, 0) is 16.4 Å². The van der Waals surface area contributed by atoms with E-state index in [1.165, 1.54) is 12.4 Å². The molecule has 0 saturated heterocycles. The molecule has 216 valence electrons. The Morgan fingerprint density at radius 2 is 1.86 bits per heavy atom. The zero-order valence-corrected chi connectivity index (χ0v) is 21.1. The van der Waals surface area contributed by atoms with Crippen molar-refractivity contribution < 1.29 is 35.5 Å². The van der Waals surface area contributed by atoms with Gasteiger partial charge in [0.25, 0.3) is 0 Å². The van der Waals surface area contributed by atoms with E-state index in [0.29, 0.717) is 16.9 Å². The molecule has 42 heavy (non-hydrogen) atoms. The quantitative estimate of drug-likeness (QED) is 0.289. The number of aromatic nitrogens is 8. The predicted molar refractivity (Wildman–Crippen MR) is 129 cm³/mol. The standard InChI is InChI=1S/C25H16F7N9O/c1-24(11-5-37-40(9-11)23(28)29)4-13(14-7-34-18-3-17(27)39-41(18)21(14)24)22(42)38-12-2-15(25(30,31)32)19(35-6-12)20-16(26)8-33-10-36-20/h2-3,5-10,13,23H,4H2,1H3,(H,38,42)/t13-,24+/m1/s1. The van der Waals surface area contributed by atoms with Crippen LogP contribution < -0.4 is 5.32 Å². The molecule has 5 heterocycles. The Balaban J connectivity index is 1.40. The van der Waals surface area contributed by atoms with Crippen molar-refractivity contribution >= 4 is 17.2 Å². The van der Waals surface area contributed by atoms with E-state index in [0.717, 1.165) is 29.3 Å². The highest BCUT2D eigenvalue weighted by Gasteiger charge is 2.48. The fourth-order valence-corrected chi connectivity index (χ4v) is 5.21. The zero-order valence-electron chi connectivity index (χ0n) is 21.1. The predicted octanol–water partition coefficient (Wildman–Crippen LogP) is 4.90. The third-order valence-corrected chi connectivity index (χ3v) is 7.10. The van der Waals surface area contributed by atoms with Gasteiger partial charge in [0.05, 0.1) is 41.5 Å². The van der Waals surface area contributed by atoms with Crippen LogP contribution in [0.25, 0.3) is 17.0 Å². The first kappa shape index (κ1) is 27.2. The highest BCUT2D eigenvalue weighted by molar-refractivity contribution is 5.97. The molecule has 1 amide bonds. The summed E-state index contributed by atoms with van der Waals surface area (Å²) in [7, 11) is 0. The molecule has 17 heteroatoms. The summed E-state index contributed by atoms with van der Waals surface area (Å²) in [5.74, 6) is -3.87.